The Balaban J connectivity index is 1.94. The van der Waals surface area contributed by atoms with E-state index in [1.54, 1.807) is 18.7 Å². The molecule has 0 fully saturated rings. The molecular formula is C16H13ClN6O. The number of para-hydroxylation sites is 1. The molecule has 1 N–H and O–H groups in total. The van der Waals surface area contributed by atoms with E-state index < -0.39 is 0 Å². The van der Waals surface area contributed by atoms with E-state index in [0.717, 1.165) is 22.3 Å². The number of hydrogen-bond acceptors (Lipinski definition) is 6. The second-order valence-corrected chi connectivity index (χ2v) is 5.64. The molecule has 0 amide bonds. The van der Waals surface area contributed by atoms with E-state index in [9.17, 15) is 0 Å². The van der Waals surface area contributed by atoms with Crippen molar-refractivity contribution in [2.45, 2.75) is 6.92 Å². The minimum atomic E-state index is 0.259. The van der Waals surface area contributed by atoms with Gasteiger partial charge in [0.2, 0.25) is 0 Å². The summed E-state index contributed by atoms with van der Waals surface area (Å²) in [6.07, 6.45) is 5.08. The summed E-state index contributed by atoms with van der Waals surface area (Å²) < 4.78 is 6.95. The third-order valence-electron chi connectivity index (χ3n) is 3.73. The number of halogens is 1. The van der Waals surface area contributed by atoms with Gasteiger partial charge in [-0.05, 0) is 18.6 Å². The van der Waals surface area contributed by atoms with Gasteiger partial charge in [-0.1, -0.05) is 23.7 Å². The first kappa shape index (κ1) is 14.6. The lowest BCUT2D eigenvalue weighted by molar-refractivity contribution is 0.381. The number of anilines is 2. The van der Waals surface area contributed by atoms with Crippen LogP contribution in [-0.4, -0.2) is 31.4 Å². The summed E-state index contributed by atoms with van der Waals surface area (Å²) in [6.45, 7) is 1.98. The first-order chi connectivity index (χ1) is 11.7. The number of nitrogens with one attached hydrogen (secondary N) is 1. The number of aromatic nitrogens is 5. The lowest BCUT2D eigenvalue weighted by Crippen LogP contribution is -2.03. The average molecular weight is 341 g/mol. The highest BCUT2D eigenvalue weighted by Crippen LogP contribution is 2.30. The zero-order valence-corrected chi connectivity index (χ0v) is 13.7. The second kappa shape index (κ2) is 5.61. The van der Waals surface area contributed by atoms with Crippen LogP contribution in [-0.2, 0) is 0 Å². The van der Waals surface area contributed by atoms with Crippen LogP contribution in [0.4, 0.5) is 11.5 Å². The van der Waals surface area contributed by atoms with Crippen molar-refractivity contribution in [3.63, 3.8) is 0 Å². The van der Waals surface area contributed by atoms with Crippen molar-refractivity contribution in [3.05, 3.63) is 47.5 Å². The van der Waals surface area contributed by atoms with E-state index in [4.69, 9.17) is 16.3 Å². The van der Waals surface area contributed by atoms with Gasteiger partial charge in [-0.25, -0.2) is 15.0 Å². The van der Waals surface area contributed by atoms with Crippen LogP contribution in [0.3, 0.4) is 0 Å². The van der Waals surface area contributed by atoms with E-state index >= 15 is 0 Å². The number of rotatable bonds is 3. The van der Waals surface area contributed by atoms with Crippen molar-refractivity contribution < 1.29 is 4.74 Å². The number of hydrogen-bond donors (Lipinski definition) is 1. The Morgan fingerprint density at radius 1 is 1.17 bits per heavy atom. The van der Waals surface area contributed by atoms with Crippen LogP contribution in [0, 0.1) is 6.92 Å². The summed E-state index contributed by atoms with van der Waals surface area (Å²) in [5.74, 6) is 0.608. The van der Waals surface area contributed by atoms with Gasteiger partial charge in [-0.15, -0.1) is 0 Å². The van der Waals surface area contributed by atoms with Crippen LogP contribution in [0.1, 0.15) is 5.56 Å². The van der Waals surface area contributed by atoms with Gasteiger partial charge in [0.1, 0.15) is 11.0 Å². The Morgan fingerprint density at radius 2 is 2.04 bits per heavy atom. The molecule has 8 heteroatoms. The SMILES string of the molecule is COc1ncc2c(n1)nc(Nc1c(C)cccc1Cl)c1cncn12. The summed E-state index contributed by atoms with van der Waals surface area (Å²) in [4.78, 5) is 17.2. The smallest absolute Gasteiger partial charge is 0.318 e. The molecule has 0 aliphatic carbocycles. The molecule has 1 aromatic carbocycles. The molecule has 0 atom stereocenters. The van der Waals surface area contributed by atoms with Gasteiger partial charge < -0.3 is 10.1 Å². The fourth-order valence-electron chi connectivity index (χ4n) is 2.53. The van der Waals surface area contributed by atoms with Gasteiger partial charge >= 0.3 is 6.01 Å². The summed E-state index contributed by atoms with van der Waals surface area (Å²) >= 11 is 6.31. The first-order valence-corrected chi connectivity index (χ1v) is 7.60. The molecule has 0 saturated heterocycles. The molecule has 3 heterocycles. The maximum Gasteiger partial charge on any atom is 0.318 e. The highest BCUT2D eigenvalue weighted by molar-refractivity contribution is 6.33. The molecule has 7 nitrogen and oxygen atoms in total. The van der Waals surface area contributed by atoms with Crippen molar-refractivity contribution in [1.29, 1.82) is 0 Å². The van der Waals surface area contributed by atoms with Gasteiger partial charge in [-0.2, -0.15) is 4.98 Å². The second-order valence-electron chi connectivity index (χ2n) is 5.23. The third-order valence-corrected chi connectivity index (χ3v) is 4.05. The molecule has 0 saturated carbocycles. The predicted octanol–water partition coefficient (Wildman–Crippen LogP) is 3.39. The number of benzene rings is 1. The fourth-order valence-corrected chi connectivity index (χ4v) is 2.80. The number of ether oxygens (including phenoxy) is 1. The van der Waals surface area contributed by atoms with Gasteiger partial charge in [0.05, 0.1) is 36.5 Å². The lowest BCUT2D eigenvalue weighted by atomic mass is 10.2. The Hall–Kier alpha value is -2.93. The largest absolute Gasteiger partial charge is 0.467 e. The predicted molar refractivity (Wildman–Crippen MR) is 92.1 cm³/mol. The molecule has 0 radical (unpaired) electrons. The summed E-state index contributed by atoms with van der Waals surface area (Å²) in [5, 5.41) is 3.91. The number of nitrogens with zero attached hydrogens (tertiary/aromatic N) is 5. The topological polar surface area (TPSA) is 77.2 Å². The summed E-state index contributed by atoms with van der Waals surface area (Å²) in [6, 6.07) is 5.97. The van der Waals surface area contributed by atoms with Crippen LogP contribution in [0.5, 0.6) is 6.01 Å². The fraction of sp³-hybridized carbons (Fsp3) is 0.125. The highest BCUT2D eigenvalue weighted by Gasteiger charge is 2.13. The molecule has 0 bridgehead atoms. The number of fused-ring (bicyclic) bond motifs is 3. The van der Waals surface area contributed by atoms with E-state index in [0.29, 0.717) is 16.5 Å². The highest BCUT2D eigenvalue weighted by atomic mass is 35.5. The van der Waals surface area contributed by atoms with Gasteiger partial charge in [0.15, 0.2) is 11.5 Å². The standard InChI is InChI=1S/C16H13ClN6O/c1-9-4-3-5-10(17)13(9)20-14-11-6-18-8-23(11)12-7-19-16(24-2)22-15(12)21-14/h3-8H,1-2H3,(H,19,20,21,22). The molecule has 4 aromatic rings. The maximum atomic E-state index is 6.31. The van der Waals surface area contributed by atoms with Crippen molar-refractivity contribution >= 4 is 39.8 Å². The van der Waals surface area contributed by atoms with Crippen molar-refractivity contribution in [2.75, 3.05) is 12.4 Å². The molecule has 0 unspecified atom stereocenters. The monoisotopic (exact) mass is 340 g/mol. The van der Waals surface area contributed by atoms with Crippen LogP contribution in [0.15, 0.2) is 36.9 Å². The Labute approximate surface area is 142 Å². The third kappa shape index (κ3) is 2.30. The van der Waals surface area contributed by atoms with E-state index in [1.807, 2.05) is 29.5 Å². The van der Waals surface area contributed by atoms with Crippen molar-refractivity contribution in [3.8, 4) is 6.01 Å². The van der Waals surface area contributed by atoms with Crippen molar-refractivity contribution in [1.82, 2.24) is 24.3 Å². The number of imidazole rings is 1. The van der Waals surface area contributed by atoms with E-state index in [2.05, 4.69) is 25.3 Å². The average Bonchev–Trinajstić information content (AvgIpc) is 3.07. The molecule has 0 spiro atoms. The van der Waals surface area contributed by atoms with Crippen LogP contribution in [0.2, 0.25) is 5.02 Å². The zero-order valence-electron chi connectivity index (χ0n) is 13.0. The van der Waals surface area contributed by atoms with Crippen LogP contribution >= 0.6 is 11.6 Å². The lowest BCUT2D eigenvalue weighted by Gasteiger charge is -2.13. The molecule has 0 aliphatic heterocycles. The Bertz CT molecular complexity index is 1040. The van der Waals surface area contributed by atoms with Gasteiger partial charge in [-0.3, -0.25) is 4.40 Å². The Morgan fingerprint density at radius 3 is 2.83 bits per heavy atom. The first-order valence-electron chi connectivity index (χ1n) is 7.22. The minimum Gasteiger partial charge on any atom is -0.467 e. The van der Waals surface area contributed by atoms with Crippen LogP contribution < -0.4 is 10.1 Å². The molecule has 4 rings (SSSR count). The molecular weight excluding hydrogens is 328 g/mol. The summed E-state index contributed by atoms with van der Waals surface area (Å²) in [7, 11) is 1.52. The molecule has 3 aromatic heterocycles. The van der Waals surface area contributed by atoms with Gasteiger partial charge in [0.25, 0.3) is 0 Å². The number of methoxy groups -OCH3 is 1. The minimum absolute atomic E-state index is 0.259. The molecule has 0 aliphatic rings. The molecule has 120 valence electrons. The van der Waals surface area contributed by atoms with Gasteiger partial charge in [0, 0.05) is 0 Å². The van der Waals surface area contributed by atoms with E-state index in [-0.39, 0.29) is 6.01 Å². The number of aryl methyl sites for hydroxylation is 1. The maximum absolute atomic E-state index is 6.31. The quantitative estimate of drug-likeness (QED) is 0.616. The Kier molecular flexibility index (Phi) is 3.42. The molecule has 24 heavy (non-hydrogen) atoms. The summed E-state index contributed by atoms with van der Waals surface area (Å²) in [5.41, 5.74) is 3.86. The van der Waals surface area contributed by atoms with E-state index in [1.165, 1.54) is 7.11 Å². The van der Waals surface area contributed by atoms with Crippen molar-refractivity contribution in [2.24, 2.45) is 0 Å². The normalized spacial score (nSPS) is 11.1. The zero-order chi connectivity index (χ0) is 16.7. The van der Waals surface area contributed by atoms with Crippen LogP contribution in [0.25, 0.3) is 16.7 Å².